The molecular formula is C38H70O6S. The fourth-order valence-corrected chi connectivity index (χ4v) is 6.17. The number of carbonyl (C=O) groups is 3. The third-order valence-corrected chi connectivity index (χ3v) is 9.18. The van der Waals surface area contributed by atoms with Crippen molar-refractivity contribution in [3.63, 3.8) is 0 Å². The summed E-state index contributed by atoms with van der Waals surface area (Å²) in [4.78, 5) is 35.5. The first-order valence-electron chi connectivity index (χ1n) is 18.9. The van der Waals surface area contributed by atoms with Crippen LogP contribution in [0.2, 0.25) is 0 Å². The largest absolute Gasteiger partial charge is 0.478 e. The highest BCUT2D eigenvalue weighted by molar-refractivity contribution is 8.02. The van der Waals surface area contributed by atoms with E-state index in [1.54, 1.807) is 0 Å². The van der Waals surface area contributed by atoms with Crippen molar-refractivity contribution in [2.45, 2.75) is 200 Å². The second kappa shape index (κ2) is 35.4. The molecule has 0 spiro atoms. The zero-order valence-corrected chi connectivity index (χ0v) is 30.2. The molecule has 0 fully saturated rings. The van der Waals surface area contributed by atoms with Crippen molar-refractivity contribution in [3.05, 3.63) is 11.5 Å². The van der Waals surface area contributed by atoms with E-state index in [0.717, 1.165) is 44.6 Å². The normalized spacial score (nSPS) is 12.0. The highest BCUT2D eigenvalue weighted by Gasteiger charge is 2.17. The summed E-state index contributed by atoms with van der Waals surface area (Å²) >= 11 is 1.24. The molecule has 1 N–H and O–H groups in total. The maximum Gasteiger partial charge on any atom is 0.328 e. The maximum absolute atomic E-state index is 12.5. The zero-order valence-electron chi connectivity index (χ0n) is 29.3. The van der Waals surface area contributed by atoms with Gasteiger partial charge in [-0.25, -0.2) is 4.79 Å². The standard InChI is InChI=1S/C38H70O6S/c1-3-5-7-9-11-13-15-17-19-21-23-25-27-29-37(41)43-33-35(34-45-32-31-36(39)40)44-38(42)30-28-26-24-22-20-18-16-14-12-10-8-6-4-2/h31-32,35H,3-30,33-34H2,1-2H3,(H,39,40)/b32-31-. The van der Waals surface area contributed by atoms with Crippen molar-refractivity contribution in [2.75, 3.05) is 12.4 Å². The minimum atomic E-state index is -1.03. The summed E-state index contributed by atoms with van der Waals surface area (Å²) in [6, 6.07) is 0. The highest BCUT2D eigenvalue weighted by Crippen LogP contribution is 2.16. The summed E-state index contributed by atoms with van der Waals surface area (Å²) in [5.74, 6) is -1.22. The second-order valence-corrected chi connectivity index (χ2v) is 13.7. The molecule has 264 valence electrons. The molecule has 1 unspecified atom stereocenters. The van der Waals surface area contributed by atoms with Crippen molar-refractivity contribution < 1.29 is 29.0 Å². The molecule has 1 atom stereocenters. The number of rotatable bonds is 35. The number of carboxylic acid groups (broad SMARTS) is 1. The summed E-state index contributed by atoms with van der Waals surface area (Å²) in [7, 11) is 0. The molecule has 0 aromatic rings. The van der Waals surface area contributed by atoms with Gasteiger partial charge in [-0.05, 0) is 18.2 Å². The predicted octanol–water partition coefficient (Wildman–Crippen LogP) is 11.7. The predicted molar refractivity (Wildman–Crippen MR) is 191 cm³/mol. The number of ether oxygens (including phenoxy) is 2. The Morgan fingerprint density at radius 3 is 1.29 bits per heavy atom. The summed E-state index contributed by atoms with van der Waals surface area (Å²) in [6.45, 7) is 4.52. The molecule has 0 saturated heterocycles. The van der Waals surface area contributed by atoms with E-state index < -0.39 is 12.1 Å². The fraction of sp³-hybridized carbons (Fsp3) is 0.868. The van der Waals surface area contributed by atoms with E-state index in [1.807, 2.05) is 0 Å². The van der Waals surface area contributed by atoms with Crippen LogP contribution in [0.25, 0.3) is 0 Å². The van der Waals surface area contributed by atoms with Crippen molar-refractivity contribution in [1.29, 1.82) is 0 Å². The highest BCUT2D eigenvalue weighted by atomic mass is 32.2. The molecule has 0 aliphatic heterocycles. The Labute approximate surface area is 281 Å². The van der Waals surface area contributed by atoms with Crippen LogP contribution in [0.5, 0.6) is 0 Å². The average molecular weight is 655 g/mol. The van der Waals surface area contributed by atoms with Crippen LogP contribution in [0.15, 0.2) is 11.5 Å². The van der Waals surface area contributed by atoms with E-state index >= 15 is 0 Å². The van der Waals surface area contributed by atoms with Crippen LogP contribution in [0.3, 0.4) is 0 Å². The second-order valence-electron chi connectivity index (χ2n) is 12.8. The van der Waals surface area contributed by atoms with Gasteiger partial charge in [0.1, 0.15) is 12.7 Å². The zero-order chi connectivity index (χ0) is 33.1. The number of esters is 2. The van der Waals surface area contributed by atoms with Crippen LogP contribution in [-0.4, -0.2) is 41.5 Å². The molecule has 0 heterocycles. The van der Waals surface area contributed by atoms with Gasteiger partial charge in [-0.15, -0.1) is 11.8 Å². The smallest absolute Gasteiger partial charge is 0.328 e. The van der Waals surface area contributed by atoms with Crippen molar-refractivity contribution in [3.8, 4) is 0 Å². The Bertz CT molecular complexity index is 710. The van der Waals surface area contributed by atoms with E-state index in [0.29, 0.717) is 18.6 Å². The molecule has 45 heavy (non-hydrogen) atoms. The Hall–Kier alpha value is -1.50. The van der Waals surface area contributed by atoms with E-state index in [2.05, 4.69) is 13.8 Å². The van der Waals surface area contributed by atoms with E-state index in [-0.39, 0.29) is 18.5 Å². The first-order chi connectivity index (χ1) is 22.0. The van der Waals surface area contributed by atoms with Crippen molar-refractivity contribution in [2.24, 2.45) is 0 Å². The van der Waals surface area contributed by atoms with Gasteiger partial charge >= 0.3 is 17.9 Å². The van der Waals surface area contributed by atoms with Crippen LogP contribution >= 0.6 is 11.8 Å². The monoisotopic (exact) mass is 654 g/mol. The van der Waals surface area contributed by atoms with Gasteiger partial charge in [0.15, 0.2) is 0 Å². The van der Waals surface area contributed by atoms with Crippen molar-refractivity contribution in [1.82, 2.24) is 0 Å². The Kier molecular flexibility index (Phi) is 34.2. The van der Waals surface area contributed by atoms with Gasteiger partial charge in [0, 0.05) is 24.7 Å². The van der Waals surface area contributed by atoms with Crippen LogP contribution in [0, 0.1) is 0 Å². The lowest BCUT2D eigenvalue weighted by Crippen LogP contribution is -2.27. The topological polar surface area (TPSA) is 89.9 Å². The average Bonchev–Trinajstić information content (AvgIpc) is 3.02. The van der Waals surface area contributed by atoms with Gasteiger partial charge in [0.25, 0.3) is 0 Å². The summed E-state index contributed by atoms with van der Waals surface area (Å²) in [6.07, 6.45) is 33.8. The number of hydrogen-bond acceptors (Lipinski definition) is 6. The van der Waals surface area contributed by atoms with Gasteiger partial charge in [-0.3, -0.25) is 9.59 Å². The number of unbranched alkanes of at least 4 members (excludes halogenated alkanes) is 24. The number of hydrogen-bond donors (Lipinski definition) is 1. The third kappa shape index (κ3) is 35.2. The number of thioether (sulfide) groups is 1. The first kappa shape index (κ1) is 43.5. The first-order valence-corrected chi connectivity index (χ1v) is 19.9. The maximum atomic E-state index is 12.5. The molecule has 6 nitrogen and oxygen atoms in total. The van der Waals surface area contributed by atoms with Crippen LogP contribution in [0.4, 0.5) is 0 Å². The van der Waals surface area contributed by atoms with Crippen molar-refractivity contribution >= 4 is 29.7 Å². The summed E-state index contributed by atoms with van der Waals surface area (Å²) in [5, 5.41) is 10.3. The molecule has 0 radical (unpaired) electrons. The summed E-state index contributed by atoms with van der Waals surface area (Å²) in [5.41, 5.74) is 0. The fourth-order valence-electron chi connectivity index (χ4n) is 5.46. The minimum Gasteiger partial charge on any atom is -0.478 e. The Morgan fingerprint density at radius 1 is 0.556 bits per heavy atom. The van der Waals surface area contributed by atoms with Gasteiger partial charge < -0.3 is 14.6 Å². The lowest BCUT2D eigenvalue weighted by Gasteiger charge is -2.17. The number of carboxylic acids is 1. The molecule has 0 amide bonds. The van der Waals surface area contributed by atoms with Crippen LogP contribution in [-0.2, 0) is 23.9 Å². The molecule has 7 heteroatoms. The molecule has 0 aliphatic rings. The minimum absolute atomic E-state index is 0.00946. The quantitative estimate of drug-likeness (QED) is 0.0413. The molecular weight excluding hydrogens is 584 g/mol. The third-order valence-electron chi connectivity index (χ3n) is 8.29. The number of aliphatic carboxylic acids is 1. The molecule has 0 aromatic carbocycles. The Morgan fingerprint density at radius 2 is 0.911 bits per heavy atom. The molecule has 0 saturated carbocycles. The van der Waals surface area contributed by atoms with Gasteiger partial charge in [-0.2, -0.15) is 0 Å². The molecule has 0 aliphatic carbocycles. The SMILES string of the molecule is CCCCCCCCCCCCCCCC(=O)OCC(CS/C=C\C(=O)O)OC(=O)CCCCCCCCCCCCCCC. The van der Waals surface area contributed by atoms with Gasteiger partial charge in [0.2, 0.25) is 0 Å². The molecule has 0 bridgehead atoms. The number of carbonyl (C=O) groups excluding carboxylic acids is 2. The van der Waals surface area contributed by atoms with Gasteiger partial charge in [0.05, 0.1) is 0 Å². The Balaban J connectivity index is 4.00. The van der Waals surface area contributed by atoms with Gasteiger partial charge in [-0.1, -0.05) is 168 Å². The van der Waals surface area contributed by atoms with E-state index in [9.17, 15) is 14.4 Å². The van der Waals surface area contributed by atoms with E-state index in [4.69, 9.17) is 14.6 Å². The molecule has 0 rings (SSSR count). The van der Waals surface area contributed by atoms with Crippen LogP contribution in [0.1, 0.15) is 194 Å². The lowest BCUT2D eigenvalue weighted by atomic mass is 10.0. The van der Waals surface area contributed by atoms with Crippen LogP contribution < -0.4 is 0 Å². The summed E-state index contributed by atoms with van der Waals surface area (Å²) < 4.78 is 11.1. The molecule has 0 aromatic heterocycles. The lowest BCUT2D eigenvalue weighted by molar-refractivity contribution is -0.157. The van der Waals surface area contributed by atoms with E-state index in [1.165, 1.54) is 146 Å².